The number of rotatable bonds is 13. The Morgan fingerprint density at radius 1 is 1.10 bits per heavy atom. The van der Waals surface area contributed by atoms with Crippen molar-refractivity contribution in [2.45, 2.75) is 54.6 Å². The van der Waals surface area contributed by atoms with Gasteiger partial charge in [-0.3, -0.25) is 14.4 Å². The van der Waals surface area contributed by atoms with Crippen molar-refractivity contribution < 1.29 is 24.2 Å². The summed E-state index contributed by atoms with van der Waals surface area (Å²) in [6.45, 7) is 8.56. The van der Waals surface area contributed by atoms with Crippen molar-refractivity contribution in [1.29, 1.82) is 0 Å². The van der Waals surface area contributed by atoms with Crippen LogP contribution in [0.2, 0.25) is 0 Å². The number of hydrogen-bond acceptors (Lipinski definition) is 6. The van der Waals surface area contributed by atoms with E-state index in [1.807, 2.05) is 42.5 Å². The molecule has 3 aliphatic rings. The van der Waals surface area contributed by atoms with Crippen LogP contribution in [0.25, 0.3) is 10.8 Å². The number of unbranched alkanes of at least 4 members (excludes halogenated alkanes) is 3. The molecule has 3 saturated heterocycles. The Balaban J connectivity index is 1.51. The first-order chi connectivity index (χ1) is 19.5. The van der Waals surface area contributed by atoms with Gasteiger partial charge in [-0.15, -0.1) is 18.3 Å². The summed E-state index contributed by atoms with van der Waals surface area (Å²) in [5.41, 5.74) is 0.762. The molecule has 2 aromatic carbocycles. The molecule has 3 heterocycles. The molecule has 0 radical (unpaired) electrons. The van der Waals surface area contributed by atoms with E-state index in [9.17, 15) is 14.4 Å². The number of amides is 2. The second kappa shape index (κ2) is 12.2. The molecule has 2 amide bonds. The third-order valence-corrected chi connectivity index (χ3v) is 10.5. The lowest BCUT2D eigenvalue weighted by molar-refractivity contribution is -0.153. The van der Waals surface area contributed by atoms with Crippen LogP contribution in [0.4, 0.5) is 5.69 Å². The molecule has 3 aliphatic heterocycles. The van der Waals surface area contributed by atoms with E-state index in [2.05, 4.69) is 13.2 Å². The van der Waals surface area contributed by atoms with Crippen molar-refractivity contribution in [3.63, 3.8) is 0 Å². The highest BCUT2D eigenvalue weighted by Gasteiger charge is 2.74. The van der Waals surface area contributed by atoms with E-state index >= 15 is 0 Å². The summed E-state index contributed by atoms with van der Waals surface area (Å²) in [6, 6.07) is 13.3. The zero-order valence-electron chi connectivity index (χ0n) is 22.9. The van der Waals surface area contributed by atoms with Crippen LogP contribution in [0, 0.1) is 11.8 Å². The van der Waals surface area contributed by atoms with Crippen molar-refractivity contribution in [3.05, 3.63) is 67.8 Å². The van der Waals surface area contributed by atoms with Gasteiger partial charge in [0.15, 0.2) is 0 Å². The topological polar surface area (TPSA) is 87.1 Å². The minimum atomic E-state index is -0.679. The van der Waals surface area contributed by atoms with Crippen LogP contribution in [-0.2, 0) is 19.1 Å². The Hall–Kier alpha value is -3.10. The van der Waals surface area contributed by atoms with Crippen molar-refractivity contribution in [2.75, 3.05) is 31.2 Å². The number of thioether (sulfide) groups is 1. The van der Waals surface area contributed by atoms with Crippen LogP contribution in [0.3, 0.4) is 0 Å². The maximum absolute atomic E-state index is 14.6. The molecule has 212 valence electrons. The zero-order valence-corrected chi connectivity index (χ0v) is 23.7. The number of nitrogens with zero attached hydrogens (tertiary/aromatic N) is 2. The van der Waals surface area contributed by atoms with Gasteiger partial charge in [0, 0.05) is 30.6 Å². The highest BCUT2D eigenvalue weighted by molar-refractivity contribution is 8.02. The number of fused-ring (bicyclic) bond motifs is 2. The van der Waals surface area contributed by atoms with Gasteiger partial charge in [-0.1, -0.05) is 61.9 Å². The molecule has 0 aromatic heterocycles. The van der Waals surface area contributed by atoms with E-state index in [4.69, 9.17) is 9.84 Å². The molecule has 2 bridgehead atoms. The molecule has 0 saturated carbocycles. The SMILES string of the molecule is C=CCOC(=O)[C@@H]1[C@H]2C(=O)N(CCCCCCO)C(C(=O)N(CC=C)c3ccc4ccccc4c3)C23CC[C@H]1S3. The predicted molar refractivity (Wildman–Crippen MR) is 159 cm³/mol. The maximum atomic E-state index is 14.6. The Bertz CT molecular complexity index is 1300. The van der Waals surface area contributed by atoms with Gasteiger partial charge in [-0.25, -0.2) is 0 Å². The monoisotopic (exact) mass is 562 g/mol. The quantitative estimate of drug-likeness (QED) is 0.216. The van der Waals surface area contributed by atoms with Crippen molar-refractivity contribution in [2.24, 2.45) is 11.8 Å². The first-order valence-corrected chi connectivity index (χ1v) is 15.1. The number of benzene rings is 2. The molecule has 1 N–H and O–H groups in total. The Kier molecular flexibility index (Phi) is 8.66. The first-order valence-electron chi connectivity index (χ1n) is 14.2. The van der Waals surface area contributed by atoms with E-state index in [0.29, 0.717) is 25.9 Å². The first kappa shape index (κ1) is 28.4. The molecule has 5 rings (SSSR count). The number of esters is 1. The summed E-state index contributed by atoms with van der Waals surface area (Å²) < 4.78 is 4.79. The van der Waals surface area contributed by atoms with Crippen LogP contribution in [0.15, 0.2) is 67.8 Å². The van der Waals surface area contributed by atoms with Gasteiger partial charge in [-0.2, -0.15) is 0 Å². The van der Waals surface area contributed by atoms with Gasteiger partial charge < -0.3 is 19.6 Å². The standard InChI is InChI=1S/C32H38N2O5S/c1-3-17-33(24-14-13-22-11-7-8-12-23(22)21-24)30(37)28-32-16-15-25(40-32)26(31(38)39-20-4-2)27(32)29(36)34(28)18-9-5-6-10-19-35/h3-4,7-8,11-14,21,25-28,35H,1-2,5-6,9-10,15-20H2/t25-,26+,27+,28?,32?/m1/s1. The summed E-state index contributed by atoms with van der Waals surface area (Å²) in [5.74, 6) is -1.76. The smallest absolute Gasteiger partial charge is 0.311 e. The molecular formula is C32H38N2O5S. The third-order valence-electron chi connectivity index (χ3n) is 8.58. The normalized spacial score (nSPS) is 26.6. The fourth-order valence-corrected chi connectivity index (χ4v) is 9.07. The van der Waals surface area contributed by atoms with Crippen molar-refractivity contribution in [3.8, 4) is 0 Å². The maximum Gasteiger partial charge on any atom is 0.311 e. The van der Waals surface area contributed by atoms with Crippen molar-refractivity contribution in [1.82, 2.24) is 4.90 Å². The van der Waals surface area contributed by atoms with Crippen LogP contribution >= 0.6 is 11.8 Å². The number of anilines is 1. The molecule has 5 atom stereocenters. The Morgan fingerprint density at radius 3 is 2.62 bits per heavy atom. The summed E-state index contributed by atoms with van der Waals surface area (Å²) in [7, 11) is 0. The number of ether oxygens (including phenoxy) is 1. The summed E-state index contributed by atoms with van der Waals surface area (Å²) in [4.78, 5) is 45.5. The summed E-state index contributed by atoms with van der Waals surface area (Å²) >= 11 is 1.65. The Labute approximate surface area is 240 Å². The third kappa shape index (κ3) is 4.96. The minimum absolute atomic E-state index is 0.0400. The number of carbonyl (C=O) groups is 3. The molecule has 2 unspecified atom stereocenters. The summed E-state index contributed by atoms with van der Waals surface area (Å²) in [6.07, 6.45) is 7.89. The number of aliphatic hydroxyl groups excluding tert-OH is 1. The average molecular weight is 563 g/mol. The number of likely N-dealkylation sites (tertiary alicyclic amines) is 1. The van der Waals surface area contributed by atoms with Crippen LogP contribution in [0.5, 0.6) is 0 Å². The summed E-state index contributed by atoms with van der Waals surface area (Å²) in [5, 5.41) is 11.2. The molecule has 0 aliphatic carbocycles. The van der Waals surface area contributed by atoms with Crippen LogP contribution < -0.4 is 4.90 Å². The molecule has 2 aromatic rings. The van der Waals surface area contributed by atoms with Gasteiger partial charge in [0.05, 0.1) is 16.6 Å². The van der Waals surface area contributed by atoms with Crippen LogP contribution in [-0.4, -0.2) is 70.1 Å². The lowest BCUT2D eigenvalue weighted by Gasteiger charge is -2.37. The van der Waals surface area contributed by atoms with Gasteiger partial charge in [0.2, 0.25) is 5.91 Å². The van der Waals surface area contributed by atoms with Gasteiger partial charge in [0.25, 0.3) is 5.91 Å². The second-order valence-corrected chi connectivity index (χ2v) is 12.5. The number of hydrogen-bond donors (Lipinski definition) is 1. The predicted octanol–water partition coefficient (Wildman–Crippen LogP) is 4.73. The molecule has 8 heteroatoms. The minimum Gasteiger partial charge on any atom is -0.461 e. The fraction of sp³-hybridized carbons (Fsp3) is 0.469. The zero-order chi connectivity index (χ0) is 28.3. The molecule has 40 heavy (non-hydrogen) atoms. The second-order valence-electron chi connectivity index (χ2n) is 10.9. The van der Waals surface area contributed by atoms with E-state index in [0.717, 1.165) is 42.1 Å². The molecular weight excluding hydrogens is 524 g/mol. The highest BCUT2D eigenvalue weighted by Crippen LogP contribution is 2.66. The van der Waals surface area contributed by atoms with E-state index in [1.165, 1.54) is 6.08 Å². The van der Waals surface area contributed by atoms with Gasteiger partial charge in [-0.05, 0) is 48.6 Å². The van der Waals surface area contributed by atoms with Crippen molar-refractivity contribution >= 4 is 46.0 Å². The number of carbonyl (C=O) groups excluding carboxylic acids is 3. The molecule has 3 fully saturated rings. The highest BCUT2D eigenvalue weighted by atomic mass is 32.2. The largest absolute Gasteiger partial charge is 0.461 e. The van der Waals surface area contributed by atoms with Gasteiger partial charge >= 0.3 is 5.97 Å². The molecule has 7 nitrogen and oxygen atoms in total. The van der Waals surface area contributed by atoms with E-state index in [-0.39, 0.29) is 36.2 Å². The average Bonchev–Trinajstić information content (AvgIpc) is 3.61. The van der Waals surface area contributed by atoms with Crippen LogP contribution in [0.1, 0.15) is 38.5 Å². The lowest BCUT2D eigenvalue weighted by atomic mass is 9.71. The Morgan fingerprint density at radius 2 is 1.88 bits per heavy atom. The number of aliphatic hydroxyl groups is 1. The van der Waals surface area contributed by atoms with E-state index in [1.54, 1.807) is 27.6 Å². The fourth-order valence-electron chi connectivity index (χ4n) is 6.87. The molecule has 1 spiro atoms. The lowest BCUT2D eigenvalue weighted by Crippen LogP contribution is -2.55. The van der Waals surface area contributed by atoms with E-state index < -0.39 is 22.6 Å². The van der Waals surface area contributed by atoms with Gasteiger partial charge in [0.1, 0.15) is 12.6 Å².